The molecule has 1 fully saturated rings. The van der Waals surface area contributed by atoms with Crippen molar-refractivity contribution < 1.29 is 18.7 Å². The zero-order valence-electron chi connectivity index (χ0n) is 13.5. The minimum Gasteiger partial charge on any atom is -0.462 e. The highest BCUT2D eigenvalue weighted by atomic mass is 32.1. The third-order valence-corrected chi connectivity index (χ3v) is 4.89. The molecule has 1 aromatic heterocycles. The number of nitrogens with one attached hydrogen (secondary N) is 1. The fourth-order valence-corrected chi connectivity index (χ4v) is 3.51. The van der Waals surface area contributed by atoms with Gasteiger partial charge >= 0.3 is 5.97 Å². The number of hydrogen-bond acceptors (Lipinski definition) is 4. The highest BCUT2D eigenvalue weighted by molar-refractivity contribution is 7.15. The number of ether oxygens (including phenoxy) is 1. The van der Waals surface area contributed by atoms with Gasteiger partial charge in [-0.3, -0.25) is 4.79 Å². The van der Waals surface area contributed by atoms with E-state index in [1.165, 1.54) is 17.4 Å². The number of thiophene rings is 1. The summed E-state index contributed by atoms with van der Waals surface area (Å²) in [5, 5.41) is 5.09. The average Bonchev–Trinajstić information content (AvgIpc) is 3.31. The van der Waals surface area contributed by atoms with Gasteiger partial charge in [-0.2, -0.15) is 0 Å². The van der Waals surface area contributed by atoms with Crippen molar-refractivity contribution in [3.05, 3.63) is 51.7 Å². The van der Waals surface area contributed by atoms with Gasteiger partial charge in [0.05, 0.1) is 12.2 Å². The topological polar surface area (TPSA) is 55.4 Å². The maximum absolute atomic E-state index is 13.7. The van der Waals surface area contributed by atoms with Crippen LogP contribution in [0.2, 0.25) is 0 Å². The van der Waals surface area contributed by atoms with E-state index in [2.05, 4.69) is 5.32 Å². The average molecular weight is 347 g/mol. The Morgan fingerprint density at radius 2 is 2.12 bits per heavy atom. The number of rotatable bonds is 5. The van der Waals surface area contributed by atoms with E-state index in [-0.39, 0.29) is 12.2 Å². The molecule has 6 heteroatoms. The summed E-state index contributed by atoms with van der Waals surface area (Å²) < 4.78 is 18.8. The quantitative estimate of drug-likeness (QED) is 0.810. The van der Waals surface area contributed by atoms with E-state index in [1.807, 2.05) is 5.38 Å². The van der Waals surface area contributed by atoms with Crippen LogP contribution in [0.1, 0.15) is 57.5 Å². The molecule has 0 unspecified atom stereocenters. The zero-order chi connectivity index (χ0) is 17.3. The van der Waals surface area contributed by atoms with Crippen LogP contribution >= 0.6 is 11.3 Å². The highest BCUT2D eigenvalue weighted by Crippen LogP contribution is 2.46. The smallest absolute Gasteiger partial charge is 0.341 e. The molecule has 1 heterocycles. The van der Waals surface area contributed by atoms with Crippen molar-refractivity contribution in [2.24, 2.45) is 0 Å². The largest absolute Gasteiger partial charge is 0.462 e. The molecular weight excluding hydrogens is 329 g/mol. The van der Waals surface area contributed by atoms with Crippen molar-refractivity contribution in [2.45, 2.75) is 32.6 Å². The summed E-state index contributed by atoms with van der Waals surface area (Å²) in [6.07, 6.45) is 2.08. The summed E-state index contributed by atoms with van der Waals surface area (Å²) in [6, 6.07) is 4.32. The lowest BCUT2D eigenvalue weighted by atomic mass is 10.1. The predicted molar refractivity (Wildman–Crippen MR) is 91.3 cm³/mol. The van der Waals surface area contributed by atoms with Crippen molar-refractivity contribution in [2.75, 3.05) is 11.9 Å². The maximum atomic E-state index is 13.7. The second kappa shape index (κ2) is 6.73. The summed E-state index contributed by atoms with van der Waals surface area (Å²) in [7, 11) is 0. The molecule has 1 amide bonds. The van der Waals surface area contributed by atoms with Gasteiger partial charge in [0.2, 0.25) is 0 Å². The van der Waals surface area contributed by atoms with E-state index < -0.39 is 17.7 Å². The molecule has 0 radical (unpaired) electrons. The van der Waals surface area contributed by atoms with Crippen LogP contribution in [-0.4, -0.2) is 18.5 Å². The van der Waals surface area contributed by atoms with Crippen molar-refractivity contribution in [1.82, 2.24) is 0 Å². The Bertz CT molecular complexity index is 796. The van der Waals surface area contributed by atoms with E-state index in [0.717, 1.165) is 18.4 Å². The Labute approximate surface area is 143 Å². The van der Waals surface area contributed by atoms with Crippen LogP contribution in [0.5, 0.6) is 0 Å². The van der Waals surface area contributed by atoms with Crippen molar-refractivity contribution >= 4 is 28.2 Å². The molecule has 2 aromatic rings. The van der Waals surface area contributed by atoms with Crippen LogP contribution in [0.15, 0.2) is 23.6 Å². The number of anilines is 1. The molecule has 0 aliphatic heterocycles. The van der Waals surface area contributed by atoms with E-state index in [0.29, 0.717) is 22.0 Å². The minimum atomic E-state index is -0.441. The van der Waals surface area contributed by atoms with Gasteiger partial charge in [0.25, 0.3) is 5.91 Å². The molecule has 24 heavy (non-hydrogen) atoms. The minimum absolute atomic E-state index is 0.217. The van der Waals surface area contributed by atoms with E-state index in [9.17, 15) is 14.0 Å². The molecule has 1 N–H and O–H groups in total. The number of carbonyl (C=O) groups is 2. The second-order valence-electron chi connectivity index (χ2n) is 5.81. The number of carbonyl (C=O) groups excluding carboxylic acids is 2. The lowest BCUT2D eigenvalue weighted by Crippen LogP contribution is -2.15. The molecule has 126 valence electrons. The number of benzene rings is 1. The molecule has 0 atom stereocenters. The molecule has 0 bridgehead atoms. The van der Waals surface area contributed by atoms with Gasteiger partial charge in [-0.15, -0.1) is 11.3 Å². The number of esters is 1. The highest BCUT2D eigenvalue weighted by Gasteiger charge is 2.32. The summed E-state index contributed by atoms with van der Waals surface area (Å²) >= 11 is 1.30. The van der Waals surface area contributed by atoms with Gasteiger partial charge in [-0.05, 0) is 61.2 Å². The first kappa shape index (κ1) is 16.6. The normalized spacial score (nSPS) is 13.6. The van der Waals surface area contributed by atoms with Crippen LogP contribution in [-0.2, 0) is 4.74 Å². The van der Waals surface area contributed by atoms with Crippen molar-refractivity contribution in [3.8, 4) is 0 Å². The molecule has 1 aliphatic rings. The Morgan fingerprint density at radius 1 is 1.38 bits per heavy atom. The third-order valence-electron chi connectivity index (χ3n) is 3.98. The Balaban J connectivity index is 1.87. The molecule has 0 spiro atoms. The van der Waals surface area contributed by atoms with Crippen LogP contribution in [0.25, 0.3) is 0 Å². The molecule has 3 rings (SSSR count). The molecule has 1 saturated carbocycles. The van der Waals surface area contributed by atoms with Gasteiger partial charge < -0.3 is 10.1 Å². The van der Waals surface area contributed by atoms with Crippen LogP contribution in [0.3, 0.4) is 0 Å². The van der Waals surface area contributed by atoms with Crippen molar-refractivity contribution in [3.63, 3.8) is 0 Å². The van der Waals surface area contributed by atoms with Crippen LogP contribution in [0.4, 0.5) is 9.39 Å². The molecule has 0 saturated heterocycles. The van der Waals surface area contributed by atoms with E-state index >= 15 is 0 Å². The number of hydrogen-bond donors (Lipinski definition) is 1. The summed E-state index contributed by atoms with van der Waals surface area (Å²) in [5.74, 6) is -0.934. The first-order valence-electron chi connectivity index (χ1n) is 7.87. The molecule has 1 aliphatic carbocycles. The Morgan fingerprint density at radius 3 is 2.75 bits per heavy atom. The van der Waals surface area contributed by atoms with Gasteiger partial charge in [-0.1, -0.05) is 6.07 Å². The third kappa shape index (κ3) is 3.33. The van der Waals surface area contributed by atoms with Gasteiger partial charge in [-0.25, -0.2) is 9.18 Å². The maximum Gasteiger partial charge on any atom is 0.341 e. The predicted octanol–water partition coefficient (Wildman–Crippen LogP) is 4.50. The van der Waals surface area contributed by atoms with Crippen molar-refractivity contribution in [1.29, 1.82) is 0 Å². The van der Waals surface area contributed by atoms with Gasteiger partial charge in [0.15, 0.2) is 0 Å². The standard InChI is InChI=1S/C18H18FNO3S/c1-3-23-18(22)15-13(11-6-7-11)9-24-17(15)20-16(21)12-5-4-10(2)14(19)8-12/h4-5,8-9,11H,3,6-7H2,1-2H3,(H,20,21). The fourth-order valence-electron chi connectivity index (χ4n) is 2.48. The fraction of sp³-hybridized carbons (Fsp3) is 0.333. The van der Waals surface area contributed by atoms with E-state index in [1.54, 1.807) is 26.0 Å². The summed E-state index contributed by atoms with van der Waals surface area (Å²) in [4.78, 5) is 24.7. The number of amides is 1. The zero-order valence-corrected chi connectivity index (χ0v) is 14.3. The Kier molecular flexibility index (Phi) is 4.66. The van der Waals surface area contributed by atoms with Gasteiger partial charge in [0.1, 0.15) is 10.8 Å². The molecule has 1 aromatic carbocycles. The number of aryl methyl sites for hydroxylation is 1. The van der Waals surface area contributed by atoms with Gasteiger partial charge in [0, 0.05) is 5.56 Å². The monoisotopic (exact) mass is 347 g/mol. The lowest BCUT2D eigenvalue weighted by Gasteiger charge is -2.08. The van der Waals surface area contributed by atoms with Crippen LogP contribution < -0.4 is 5.32 Å². The first-order chi connectivity index (χ1) is 11.5. The number of halogens is 1. The summed E-state index contributed by atoms with van der Waals surface area (Å²) in [6.45, 7) is 3.65. The second-order valence-corrected chi connectivity index (χ2v) is 6.69. The molecular formula is C18H18FNO3S. The SMILES string of the molecule is CCOC(=O)c1c(C2CC2)csc1NC(=O)c1ccc(C)c(F)c1. The van der Waals surface area contributed by atoms with E-state index in [4.69, 9.17) is 4.74 Å². The Hall–Kier alpha value is -2.21. The summed E-state index contributed by atoms with van der Waals surface area (Å²) in [5.41, 5.74) is 2.06. The first-order valence-corrected chi connectivity index (χ1v) is 8.75. The molecule has 4 nitrogen and oxygen atoms in total. The van der Waals surface area contributed by atoms with Crippen LogP contribution in [0, 0.1) is 12.7 Å². The lowest BCUT2D eigenvalue weighted by molar-refractivity contribution is 0.0527.